The molecule has 0 N–H and O–H groups in total. The standard InChI is InChI=1S/C58H37NO2/c1-3-13-38(14-4-1)40-25-30-45(31-26-40)59(46-32-27-42(28-33-46)49-22-12-23-51-50-20-9-10-24-54(50)61-58(49)51)53-35-44(39-15-5-2-6-16-39)37-56-57(53)52-34-29-43(36-55(52)60-56)48-21-11-18-41-17-7-8-19-47(41)48/h1-37H. The van der Waals surface area contributed by atoms with E-state index < -0.39 is 0 Å². The van der Waals surface area contributed by atoms with Crippen molar-refractivity contribution in [2.45, 2.75) is 0 Å². The van der Waals surface area contributed by atoms with Gasteiger partial charge in [-0.2, -0.15) is 0 Å². The summed E-state index contributed by atoms with van der Waals surface area (Å²) in [5.41, 5.74) is 15.6. The van der Waals surface area contributed by atoms with Crippen LogP contribution in [0.2, 0.25) is 0 Å². The summed E-state index contributed by atoms with van der Waals surface area (Å²) in [6.45, 7) is 0. The highest BCUT2D eigenvalue weighted by atomic mass is 16.3. The molecular weight excluding hydrogens is 743 g/mol. The fourth-order valence-electron chi connectivity index (χ4n) is 9.13. The van der Waals surface area contributed by atoms with Crippen molar-refractivity contribution in [3.63, 3.8) is 0 Å². The van der Waals surface area contributed by atoms with Crippen LogP contribution in [0.3, 0.4) is 0 Å². The summed E-state index contributed by atoms with van der Waals surface area (Å²) < 4.78 is 13.4. The number of para-hydroxylation sites is 2. The van der Waals surface area contributed by atoms with Gasteiger partial charge in [0.05, 0.1) is 11.1 Å². The molecule has 0 bridgehead atoms. The summed E-state index contributed by atoms with van der Waals surface area (Å²) in [6.07, 6.45) is 0. The number of anilines is 3. The average molecular weight is 780 g/mol. The maximum absolute atomic E-state index is 6.93. The van der Waals surface area contributed by atoms with Crippen molar-refractivity contribution in [3.05, 3.63) is 224 Å². The van der Waals surface area contributed by atoms with Crippen LogP contribution in [0.25, 0.3) is 99.2 Å². The Balaban J connectivity index is 1.07. The van der Waals surface area contributed by atoms with Gasteiger partial charge in [-0.1, -0.05) is 170 Å². The van der Waals surface area contributed by atoms with E-state index in [1.165, 1.54) is 21.9 Å². The SMILES string of the molecule is c1ccc(-c2ccc(N(c3ccc(-c4cccc5c4oc4ccccc45)cc3)c3cc(-c4ccccc4)cc4oc5cc(-c6cccc7ccccc67)ccc5c34)cc2)cc1. The number of fused-ring (bicyclic) bond motifs is 7. The lowest BCUT2D eigenvalue weighted by molar-refractivity contribution is 0.669. The van der Waals surface area contributed by atoms with Gasteiger partial charge in [0.25, 0.3) is 0 Å². The lowest BCUT2D eigenvalue weighted by atomic mass is 9.96. The molecule has 0 amide bonds. The van der Waals surface area contributed by atoms with Crippen LogP contribution < -0.4 is 4.90 Å². The fourth-order valence-corrected chi connectivity index (χ4v) is 9.13. The highest BCUT2D eigenvalue weighted by Gasteiger charge is 2.23. The minimum atomic E-state index is 0.834. The first-order valence-corrected chi connectivity index (χ1v) is 20.7. The molecule has 0 unspecified atom stereocenters. The number of hydrogen-bond acceptors (Lipinski definition) is 3. The Hall–Kier alpha value is -8.14. The molecule has 3 nitrogen and oxygen atoms in total. The number of hydrogen-bond donors (Lipinski definition) is 0. The highest BCUT2D eigenvalue weighted by molar-refractivity contribution is 6.16. The van der Waals surface area contributed by atoms with Gasteiger partial charge in [0.15, 0.2) is 0 Å². The predicted octanol–water partition coefficient (Wildman–Crippen LogP) is 16.8. The van der Waals surface area contributed by atoms with Gasteiger partial charge in [-0.3, -0.25) is 0 Å². The molecule has 2 aromatic heterocycles. The van der Waals surface area contributed by atoms with Gasteiger partial charge in [-0.05, 0) is 104 Å². The van der Waals surface area contributed by atoms with Gasteiger partial charge in [0, 0.05) is 33.1 Å². The van der Waals surface area contributed by atoms with Crippen LogP contribution in [0, 0.1) is 0 Å². The number of benzene rings is 10. The van der Waals surface area contributed by atoms with Crippen LogP contribution in [0.1, 0.15) is 0 Å². The molecular formula is C58H37NO2. The van der Waals surface area contributed by atoms with Gasteiger partial charge < -0.3 is 13.7 Å². The van der Waals surface area contributed by atoms with Gasteiger partial charge in [0.2, 0.25) is 0 Å². The second-order valence-electron chi connectivity index (χ2n) is 15.6. The zero-order valence-corrected chi connectivity index (χ0v) is 33.1. The van der Waals surface area contributed by atoms with Gasteiger partial charge in [-0.25, -0.2) is 0 Å². The summed E-state index contributed by atoms with van der Waals surface area (Å²) in [7, 11) is 0. The number of nitrogens with zero attached hydrogens (tertiary/aromatic N) is 1. The van der Waals surface area contributed by atoms with Crippen molar-refractivity contribution in [2.75, 3.05) is 4.90 Å². The fraction of sp³-hybridized carbons (Fsp3) is 0. The summed E-state index contributed by atoms with van der Waals surface area (Å²) in [4.78, 5) is 2.38. The first kappa shape index (κ1) is 34.9. The van der Waals surface area contributed by atoms with Crippen LogP contribution in [-0.4, -0.2) is 0 Å². The molecule has 12 aromatic rings. The van der Waals surface area contributed by atoms with Crippen LogP contribution >= 0.6 is 0 Å². The molecule has 10 aromatic carbocycles. The normalized spacial score (nSPS) is 11.6. The Morgan fingerprint density at radius 1 is 0.295 bits per heavy atom. The molecule has 286 valence electrons. The van der Waals surface area contributed by atoms with Crippen molar-refractivity contribution >= 4 is 71.7 Å². The average Bonchev–Trinajstić information content (AvgIpc) is 3.91. The van der Waals surface area contributed by atoms with Crippen LogP contribution in [0.5, 0.6) is 0 Å². The maximum Gasteiger partial charge on any atom is 0.143 e. The van der Waals surface area contributed by atoms with E-state index in [0.29, 0.717) is 0 Å². The Bertz CT molecular complexity index is 3560. The van der Waals surface area contributed by atoms with Crippen molar-refractivity contribution in [2.24, 2.45) is 0 Å². The molecule has 61 heavy (non-hydrogen) atoms. The van der Waals surface area contributed by atoms with Gasteiger partial charge in [0.1, 0.15) is 22.3 Å². The third-order valence-corrected chi connectivity index (χ3v) is 12.1. The lowest BCUT2D eigenvalue weighted by Gasteiger charge is -2.27. The maximum atomic E-state index is 6.93. The summed E-state index contributed by atoms with van der Waals surface area (Å²) in [5.74, 6) is 0. The first-order chi connectivity index (χ1) is 30.2. The first-order valence-electron chi connectivity index (χ1n) is 20.7. The number of rotatable bonds is 7. The smallest absolute Gasteiger partial charge is 0.143 e. The van der Waals surface area contributed by atoms with E-state index in [2.05, 4.69) is 217 Å². The molecule has 0 fully saturated rings. The van der Waals surface area contributed by atoms with Crippen LogP contribution in [0.15, 0.2) is 233 Å². The molecule has 2 heterocycles. The second kappa shape index (κ2) is 14.3. The van der Waals surface area contributed by atoms with Gasteiger partial charge in [-0.15, -0.1) is 0 Å². The Kier molecular flexibility index (Phi) is 8.17. The quantitative estimate of drug-likeness (QED) is 0.161. The van der Waals surface area contributed by atoms with E-state index >= 15 is 0 Å². The van der Waals surface area contributed by atoms with E-state index in [0.717, 1.165) is 94.3 Å². The molecule has 0 atom stereocenters. The van der Waals surface area contributed by atoms with Crippen molar-refractivity contribution < 1.29 is 8.83 Å². The van der Waals surface area contributed by atoms with Crippen molar-refractivity contribution in [3.8, 4) is 44.5 Å². The molecule has 0 aliphatic rings. The minimum Gasteiger partial charge on any atom is -0.456 e. The Morgan fingerprint density at radius 3 is 1.62 bits per heavy atom. The predicted molar refractivity (Wildman–Crippen MR) is 255 cm³/mol. The Morgan fingerprint density at radius 2 is 0.852 bits per heavy atom. The molecule has 0 spiro atoms. The summed E-state index contributed by atoms with van der Waals surface area (Å²) >= 11 is 0. The highest BCUT2D eigenvalue weighted by Crippen LogP contribution is 2.47. The Labute approximate surface area is 353 Å². The molecule has 0 aliphatic heterocycles. The third-order valence-electron chi connectivity index (χ3n) is 12.1. The topological polar surface area (TPSA) is 29.5 Å². The molecule has 0 aliphatic carbocycles. The van der Waals surface area contributed by atoms with E-state index in [4.69, 9.17) is 8.83 Å². The summed E-state index contributed by atoms with van der Waals surface area (Å²) in [6, 6.07) is 79.8. The third kappa shape index (κ3) is 5.98. The monoisotopic (exact) mass is 779 g/mol. The van der Waals surface area contributed by atoms with E-state index in [9.17, 15) is 0 Å². The van der Waals surface area contributed by atoms with E-state index in [1.807, 2.05) is 12.1 Å². The molecule has 12 rings (SSSR count). The largest absolute Gasteiger partial charge is 0.456 e. The van der Waals surface area contributed by atoms with Crippen LogP contribution in [0.4, 0.5) is 17.1 Å². The number of furan rings is 2. The van der Waals surface area contributed by atoms with Gasteiger partial charge >= 0.3 is 0 Å². The zero-order chi connectivity index (χ0) is 40.3. The summed E-state index contributed by atoms with van der Waals surface area (Å²) in [5, 5.41) is 6.80. The zero-order valence-electron chi connectivity index (χ0n) is 33.1. The molecule has 0 saturated heterocycles. The van der Waals surface area contributed by atoms with Crippen molar-refractivity contribution in [1.82, 2.24) is 0 Å². The van der Waals surface area contributed by atoms with E-state index in [1.54, 1.807) is 0 Å². The molecule has 3 heteroatoms. The molecule has 0 saturated carbocycles. The lowest BCUT2D eigenvalue weighted by Crippen LogP contribution is -2.10. The van der Waals surface area contributed by atoms with E-state index in [-0.39, 0.29) is 0 Å². The van der Waals surface area contributed by atoms with Crippen molar-refractivity contribution in [1.29, 1.82) is 0 Å². The molecule has 0 radical (unpaired) electrons. The second-order valence-corrected chi connectivity index (χ2v) is 15.6. The minimum absolute atomic E-state index is 0.834. The van der Waals surface area contributed by atoms with Crippen LogP contribution in [-0.2, 0) is 0 Å².